The van der Waals surface area contributed by atoms with E-state index in [1.54, 1.807) is 24.4 Å². The smallest absolute Gasteiger partial charge is 0.421 e. The van der Waals surface area contributed by atoms with Crippen molar-refractivity contribution in [1.29, 1.82) is 0 Å². The number of fused-ring (bicyclic) bond motifs is 1. The van der Waals surface area contributed by atoms with Crippen molar-refractivity contribution in [2.45, 2.75) is 37.6 Å². The van der Waals surface area contributed by atoms with E-state index in [1.165, 1.54) is 4.52 Å². The quantitative estimate of drug-likeness (QED) is 0.579. The second-order valence-electron chi connectivity index (χ2n) is 7.16. The lowest BCUT2D eigenvalue weighted by Gasteiger charge is -2.32. The van der Waals surface area contributed by atoms with Gasteiger partial charge in [-0.05, 0) is 37.5 Å². The molecule has 8 nitrogen and oxygen atoms in total. The number of carbonyl (C=O) groups excluding carboxylic acids is 1. The van der Waals surface area contributed by atoms with Gasteiger partial charge in [0.15, 0.2) is 5.69 Å². The second kappa shape index (κ2) is 8.31. The van der Waals surface area contributed by atoms with Crippen LogP contribution < -0.4 is 5.32 Å². The molecule has 4 rings (SSSR count). The number of nitrogens with zero attached hydrogens (tertiary/aromatic N) is 4. The van der Waals surface area contributed by atoms with Crippen molar-refractivity contribution in [3.8, 4) is 0 Å². The van der Waals surface area contributed by atoms with Crippen LogP contribution in [0.15, 0.2) is 35.4 Å². The topological polar surface area (TPSA) is 94.6 Å². The zero-order valence-electron chi connectivity index (χ0n) is 16.0. The summed E-state index contributed by atoms with van der Waals surface area (Å²) in [5.41, 5.74) is 1.48. The van der Waals surface area contributed by atoms with Crippen LogP contribution in [0.5, 0.6) is 0 Å². The highest BCUT2D eigenvalue weighted by Crippen LogP contribution is 2.41. The second-order valence-corrected chi connectivity index (χ2v) is 7.59. The lowest BCUT2D eigenvalue weighted by Crippen LogP contribution is -2.34. The number of hydrogen-bond donors (Lipinski definition) is 1. The van der Waals surface area contributed by atoms with E-state index in [0.29, 0.717) is 17.0 Å². The maximum absolute atomic E-state index is 12.3. The highest BCUT2D eigenvalue weighted by atomic mass is 35.5. The average molecular weight is 456 g/mol. The molecule has 0 bridgehead atoms. The molecule has 0 spiro atoms. The van der Waals surface area contributed by atoms with Gasteiger partial charge in [-0.25, -0.2) is 4.52 Å². The summed E-state index contributed by atoms with van der Waals surface area (Å²) in [5, 5.41) is 15.2. The molecule has 0 radical (unpaired) electrons. The number of aromatic nitrogens is 4. The van der Waals surface area contributed by atoms with Gasteiger partial charge in [-0.2, -0.15) is 5.10 Å². The van der Waals surface area contributed by atoms with E-state index >= 15 is 0 Å². The number of ether oxygens (including phenoxy) is 1. The Bertz CT molecular complexity index is 1120. The molecule has 1 amide bonds. The Morgan fingerprint density at radius 1 is 1.35 bits per heavy atom. The van der Waals surface area contributed by atoms with Gasteiger partial charge in [-0.3, -0.25) is 9.53 Å². The predicted molar refractivity (Wildman–Crippen MR) is 103 cm³/mol. The number of amides is 1. The zero-order chi connectivity index (χ0) is 22.2. The van der Waals surface area contributed by atoms with Crippen molar-refractivity contribution in [1.82, 2.24) is 25.1 Å². The van der Waals surface area contributed by atoms with Gasteiger partial charge in [0.25, 0.3) is 5.91 Å². The number of alkyl halides is 3. The number of pyridine rings is 1. The van der Waals surface area contributed by atoms with Crippen LogP contribution >= 0.6 is 11.6 Å². The molecule has 0 unspecified atom stereocenters. The Kier molecular flexibility index (Phi) is 5.71. The van der Waals surface area contributed by atoms with Crippen LogP contribution in [0.2, 0.25) is 5.02 Å². The molecule has 164 valence electrons. The number of hydrogen-bond acceptors (Lipinski definition) is 6. The molecule has 0 aromatic carbocycles. The number of rotatable bonds is 7. The zero-order valence-corrected chi connectivity index (χ0v) is 16.8. The molecule has 0 aliphatic heterocycles. The van der Waals surface area contributed by atoms with E-state index in [2.05, 4.69) is 31.9 Å². The molecule has 0 atom stereocenters. The van der Waals surface area contributed by atoms with Gasteiger partial charge in [0.2, 0.25) is 11.8 Å². The van der Waals surface area contributed by atoms with Crippen LogP contribution in [-0.2, 0) is 4.74 Å². The molecule has 1 saturated carbocycles. The van der Waals surface area contributed by atoms with E-state index in [-0.39, 0.29) is 48.7 Å². The van der Waals surface area contributed by atoms with Gasteiger partial charge in [0.05, 0.1) is 16.6 Å². The van der Waals surface area contributed by atoms with Gasteiger partial charge in [-0.1, -0.05) is 18.2 Å². The van der Waals surface area contributed by atoms with Crippen LogP contribution in [0.3, 0.4) is 0 Å². The van der Waals surface area contributed by atoms with E-state index in [4.69, 9.17) is 16.0 Å². The normalized spacial score (nSPS) is 18.7. The maximum atomic E-state index is 12.3. The van der Waals surface area contributed by atoms with Crippen molar-refractivity contribution < 1.29 is 27.1 Å². The lowest BCUT2D eigenvalue weighted by molar-refractivity contribution is -0.352. The van der Waals surface area contributed by atoms with Crippen molar-refractivity contribution in [3.63, 3.8) is 0 Å². The van der Waals surface area contributed by atoms with Gasteiger partial charge >= 0.3 is 6.36 Å². The van der Waals surface area contributed by atoms with Crippen molar-refractivity contribution >= 4 is 28.6 Å². The molecule has 0 saturated heterocycles. The minimum absolute atomic E-state index is 0.161. The Morgan fingerprint density at radius 2 is 2.13 bits per heavy atom. The first-order chi connectivity index (χ1) is 14.7. The van der Waals surface area contributed by atoms with Crippen molar-refractivity contribution in [3.05, 3.63) is 53.5 Å². The van der Waals surface area contributed by atoms with Gasteiger partial charge < -0.3 is 9.73 Å². The SMILES string of the molecule is C=C(CCNC(=O)c1cc2ccc(Cl)cn2n1)c1nnc(C2CC(OC(F)(F)F)C2)o1. The minimum Gasteiger partial charge on any atom is -0.421 e. The summed E-state index contributed by atoms with van der Waals surface area (Å²) in [4.78, 5) is 12.3. The van der Waals surface area contributed by atoms with Gasteiger partial charge in [-0.15, -0.1) is 23.4 Å². The Hall–Kier alpha value is -2.92. The summed E-state index contributed by atoms with van der Waals surface area (Å²) in [6, 6.07) is 5.09. The third-order valence-electron chi connectivity index (χ3n) is 4.86. The highest BCUT2D eigenvalue weighted by Gasteiger charge is 2.42. The molecule has 1 N–H and O–H groups in total. The average Bonchev–Trinajstić information content (AvgIpc) is 3.30. The number of nitrogens with one attached hydrogen (secondary N) is 1. The molecule has 3 aromatic rings. The Labute approximate surface area is 179 Å². The van der Waals surface area contributed by atoms with Crippen LogP contribution in [0.25, 0.3) is 11.1 Å². The summed E-state index contributed by atoms with van der Waals surface area (Å²) in [6.07, 6.45) is -3.28. The van der Waals surface area contributed by atoms with Crippen molar-refractivity contribution in [2.75, 3.05) is 6.54 Å². The standard InChI is InChI=1S/C19H17ClF3N5O3/c1-10(17-25-26-18(30-17)11-6-14(7-11)31-19(21,22)23)4-5-24-16(29)15-8-13-3-2-12(20)9-28(13)27-15/h2-3,8-9,11,14H,1,4-7H2,(H,24,29). The van der Waals surface area contributed by atoms with Gasteiger partial charge in [0, 0.05) is 24.2 Å². The first kappa shape index (κ1) is 21.3. The highest BCUT2D eigenvalue weighted by molar-refractivity contribution is 6.30. The number of halogens is 4. The van der Waals surface area contributed by atoms with E-state index in [1.807, 2.05) is 0 Å². The molecular weight excluding hydrogens is 439 g/mol. The van der Waals surface area contributed by atoms with Crippen LogP contribution in [0, 0.1) is 0 Å². The summed E-state index contributed by atoms with van der Waals surface area (Å²) in [6.45, 7) is 4.12. The molecule has 3 aromatic heterocycles. The monoisotopic (exact) mass is 455 g/mol. The van der Waals surface area contributed by atoms with Crippen molar-refractivity contribution in [2.24, 2.45) is 0 Å². The van der Waals surface area contributed by atoms with Crippen LogP contribution in [0.1, 0.15) is 47.5 Å². The maximum Gasteiger partial charge on any atom is 0.522 e. The fourth-order valence-corrected chi connectivity index (χ4v) is 3.35. The Morgan fingerprint density at radius 3 is 2.87 bits per heavy atom. The van der Waals surface area contributed by atoms with Crippen LogP contribution in [0.4, 0.5) is 13.2 Å². The molecule has 1 aliphatic carbocycles. The largest absolute Gasteiger partial charge is 0.522 e. The van der Waals surface area contributed by atoms with Gasteiger partial charge in [0.1, 0.15) is 0 Å². The first-order valence-electron chi connectivity index (χ1n) is 9.37. The summed E-state index contributed by atoms with van der Waals surface area (Å²) >= 11 is 5.91. The molecule has 31 heavy (non-hydrogen) atoms. The van der Waals surface area contributed by atoms with E-state index in [9.17, 15) is 18.0 Å². The lowest BCUT2D eigenvalue weighted by atomic mass is 9.82. The minimum atomic E-state index is -4.65. The Balaban J connectivity index is 1.25. The summed E-state index contributed by atoms with van der Waals surface area (Å²) in [7, 11) is 0. The molecule has 12 heteroatoms. The van der Waals surface area contributed by atoms with E-state index in [0.717, 1.165) is 5.52 Å². The predicted octanol–water partition coefficient (Wildman–Crippen LogP) is 3.99. The fourth-order valence-electron chi connectivity index (χ4n) is 3.19. The molecule has 3 heterocycles. The van der Waals surface area contributed by atoms with E-state index < -0.39 is 12.5 Å². The number of carbonyl (C=O) groups is 1. The first-order valence-corrected chi connectivity index (χ1v) is 9.75. The summed E-state index contributed by atoms with van der Waals surface area (Å²) in [5.74, 6) is -0.189. The van der Waals surface area contributed by atoms with Crippen LogP contribution in [-0.4, -0.2) is 44.7 Å². The molecular formula is C19H17ClF3N5O3. The molecule has 1 fully saturated rings. The fraction of sp³-hybridized carbons (Fsp3) is 0.368. The third-order valence-corrected chi connectivity index (χ3v) is 5.08. The summed E-state index contributed by atoms with van der Waals surface area (Å²) < 4.78 is 47.6. The molecule has 1 aliphatic rings. The third kappa shape index (κ3) is 5.05.